The summed E-state index contributed by atoms with van der Waals surface area (Å²) in [4.78, 5) is 34.6. The van der Waals surface area contributed by atoms with Crippen LogP contribution < -0.4 is 10.6 Å². The first-order chi connectivity index (χ1) is 11.4. The summed E-state index contributed by atoms with van der Waals surface area (Å²) in [5, 5.41) is 22.3. The summed E-state index contributed by atoms with van der Waals surface area (Å²) in [6.07, 6.45) is 4.44. The molecule has 0 bridgehead atoms. The molecule has 1 amide bonds. The number of hydrogen-bond donors (Lipinski definition) is 1. The fraction of sp³-hybridized carbons (Fsp3) is 0.533. The second kappa shape index (κ2) is 6.06. The third-order valence-corrected chi connectivity index (χ3v) is 5.06. The van der Waals surface area contributed by atoms with Crippen LogP contribution in [0.25, 0.3) is 0 Å². The molecule has 3 rings (SSSR count). The number of fused-ring (bicyclic) bond motifs is 1. The van der Waals surface area contributed by atoms with Crippen molar-refractivity contribution in [3.63, 3.8) is 0 Å². The zero-order valence-electron chi connectivity index (χ0n) is 13.0. The van der Waals surface area contributed by atoms with Crippen molar-refractivity contribution in [2.45, 2.75) is 44.2 Å². The van der Waals surface area contributed by atoms with Crippen molar-refractivity contribution in [2.24, 2.45) is 11.7 Å². The van der Waals surface area contributed by atoms with E-state index in [4.69, 9.17) is 5.73 Å². The van der Waals surface area contributed by atoms with E-state index in [1.807, 2.05) is 0 Å². The third-order valence-electron chi connectivity index (χ3n) is 5.06. The summed E-state index contributed by atoms with van der Waals surface area (Å²) in [6.45, 7) is 0. The number of amides is 1. The molecule has 3 atom stereocenters. The lowest BCUT2D eigenvalue weighted by molar-refractivity contribution is -0.393. The molecule has 1 aliphatic carbocycles. The molecule has 0 aromatic heterocycles. The highest BCUT2D eigenvalue weighted by Gasteiger charge is 2.46. The van der Waals surface area contributed by atoms with Gasteiger partial charge >= 0.3 is 0 Å². The van der Waals surface area contributed by atoms with Crippen molar-refractivity contribution in [1.29, 1.82) is 0 Å². The Morgan fingerprint density at radius 1 is 1.17 bits per heavy atom. The largest absolute Gasteiger partial charge is 0.368 e. The average Bonchev–Trinajstić information content (AvgIpc) is 2.93. The first-order valence-corrected chi connectivity index (χ1v) is 7.90. The predicted octanol–water partition coefficient (Wildman–Crippen LogP) is 2.13. The normalized spacial score (nSPS) is 26.0. The number of nitrogens with two attached hydrogens (primary N) is 1. The number of carbonyl (C=O) groups is 1. The van der Waals surface area contributed by atoms with Crippen LogP contribution in [0.1, 0.15) is 32.1 Å². The molecular weight excluding hydrogens is 316 g/mol. The maximum atomic E-state index is 11.9. The van der Waals surface area contributed by atoms with E-state index in [1.54, 1.807) is 4.90 Å². The Bertz CT molecular complexity index is 707. The van der Waals surface area contributed by atoms with Crippen LogP contribution in [0, 0.1) is 26.1 Å². The van der Waals surface area contributed by atoms with Gasteiger partial charge in [0.05, 0.1) is 15.9 Å². The molecule has 2 fully saturated rings. The van der Waals surface area contributed by atoms with E-state index in [0.717, 1.165) is 31.7 Å². The van der Waals surface area contributed by atoms with Gasteiger partial charge in [-0.15, -0.1) is 0 Å². The Kier molecular flexibility index (Phi) is 4.08. The fourth-order valence-electron chi connectivity index (χ4n) is 4.05. The molecule has 1 heterocycles. The minimum atomic E-state index is -0.671. The van der Waals surface area contributed by atoms with Crippen molar-refractivity contribution in [3.8, 4) is 0 Å². The average molecular weight is 334 g/mol. The second-order valence-corrected chi connectivity index (χ2v) is 6.36. The zero-order valence-corrected chi connectivity index (χ0v) is 13.0. The molecule has 9 heteroatoms. The van der Waals surface area contributed by atoms with Gasteiger partial charge in [-0.3, -0.25) is 25.0 Å². The van der Waals surface area contributed by atoms with Gasteiger partial charge in [-0.2, -0.15) is 0 Å². The molecule has 2 N–H and O–H groups in total. The predicted molar refractivity (Wildman–Crippen MR) is 85.6 cm³/mol. The first-order valence-electron chi connectivity index (χ1n) is 7.90. The number of hydrogen-bond acceptors (Lipinski definition) is 6. The van der Waals surface area contributed by atoms with Gasteiger partial charge in [0.2, 0.25) is 5.91 Å². The van der Waals surface area contributed by atoms with Gasteiger partial charge in [-0.25, -0.2) is 0 Å². The van der Waals surface area contributed by atoms with E-state index in [1.165, 1.54) is 12.1 Å². The maximum Gasteiger partial charge on any atom is 0.299 e. The van der Waals surface area contributed by atoms with Gasteiger partial charge in [0.1, 0.15) is 11.7 Å². The number of rotatable bonds is 4. The highest BCUT2D eigenvalue weighted by Crippen LogP contribution is 2.45. The lowest BCUT2D eigenvalue weighted by Gasteiger charge is -2.34. The van der Waals surface area contributed by atoms with Crippen LogP contribution in [0.2, 0.25) is 0 Å². The molecule has 128 valence electrons. The van der Waals surface area contributed by atoms with Crippen LogP contribution in [0.5, 0.6) is 0 Å². The van der Waals surface area contributed by atoms with Crippen molar-refractivity contribution >= 4 is 23.0 Å². The standard InChI is InChI=1S/C15H18N4O5/c16-15(20)14-7-9-3-1-2-4-11(9)17(14)12-6-5-10(18(21)22)8-13(12)19(23)24/h5-6,8-9,11,14H,1-4,7H2,(H2,16,20)/t9-,11-,14+/m1/s1. The molecule has 1 saturated carbocycles. The maximum absolute atomic E-state index is 11.9. The van der Waals surface area contributed by atoms with Gasteiger partial charge in [-0.05, 0) is 31.2 Å². The summed E-state index contributed by atoms with van der Waals surface area (Å²) < 4.78 is 0. The molecule has 1 aromatic carbocycles. The van der Waals surface area contributed by atoms with Gasteiger partial charge in [0.15, 0.2) is 0 Å². The van der Waals surface area contributed by atoms with Crippen LogP contribution in [-0.2, 0) is 4.79 Å². The van der Waals surface area contributed by atoms with Gasteiger partial charge in [-0.1, -0.05) is 12.8 Å². The van der Waals surface area contributed by atoms with Crippen molar-refractivity contribution in [1.82, 2.24) is 0 Å². The van der Waals surface area contributed by atoms with Gasteiger partial charge in [0.25, 0.3) is 11.4 Å². The van der Waals surface area contributed by atoms with E-state index in [9.17, 15) is 25.0 Å². The number of non-ortho nitro benzene ring substituents is 1. The van der Waals surface area contributed by atoms with E-state index in [0.29, 0.717) is 6.42 Å². The fourth-order valence-corrected chi connectivity index (χ4v) is 4.05. The van der Waals surface area contributed by atoms with Crippen LogP contribution >= 0.6 is 0 Å². The highest BCUT2D eigenvalue weighted by atomic mass is 16.6. The van der Waals surface area contributed by atoms with Gasteiger partial charge in [0, 0.05) is 12.1 Å². The Labute approximate surface area is 137 Å². The topological polar surface area (TPSA) is 133 Å². The van der Waals surface area contributed by atoms with Crippen molar-refractivity contribution in [2.75, 3.05) is 4.90 Å². The number of primary amides is 1. The first kappa shape index (κ1) is 16.2. The van der Waals surface area contributed by atoms with Gasteiger partial charge < -0.3 is 10.6 Å². The Morgan fingerprint density at radius 2 is 1.88 bits per heavy atom. The Balaban J connectivity index is 2.09. The quantitative estimate of drug-likeness (QED) is 0.662. The lowest BCUT2D eigenvalue weighted by Crippen LogP contribution is -2.45. The molecular formula is C15H18N4O5. The Morgan fingerprint density at radius 3 is 2.50 bits per heavy atom. The molecule has 1 aliphatic heterocycles. The molecule has 0 spiro atoms. The van der Waals surface area contributed by atoms with Crippen LogP contribution in [0.3, 0.4) is 0 Å². The Hall–Kier alpha value is -2.71. The number of nitro groups is 2. The number of nitrogens with zero attached hydrogens (tertiary/aromatic N) is 3. The van der Waals surface area contributed by atoms with Crippen molar-refractivity contribution < 1.29 is 14.6 Å². The van der Waals surface area contributed by atoms with E-state index in [2.05, 4.69) is 0 Å². The van der Waals surface area contributed by atoms with E-state index in [-0.39, 0.29) is 29.0 Å². The monoisotopic (exact) mass is 334 g/mol. The number of nitro benzene ring substituents is 2. The molecule has 24 heavy (non-hydrogen) atoms. The van der Waals surface area contributed by atoms with E-state index >= 15 is 0 Å². The summed E-state index contributed by atoms with van der Waals surface area (Å²) in [5.74, 6) is -0.247. The minimum absolute atomic E-state index is 0.0106. The molecule has 0 unspecified atom stereocenters. The number of benzene rings is 1. The molecule has 1 aromatic rings. The molecule has 2 aliphatic rings. The smallest absolute Gasteiger partial charge is 0.299 e. The summed E-state index contributed by atoms with van der Waals surface area (Å²) in [5.41, 5.74) is 5.06. The SMILES string of the molecule is NC(=O)[C@@H]1C[C@H]2CCCC[C@H]2N1c1ccc([N+](=O)[O-])cc1[N+](=O)[O-]. The van der Waals surface area contributed by atoms with Crippen LogP contribution in [0.4, 0.5) is 17.1 Å². The lowest BCUT2D eigenvalue weighted by atomic mass is 9.84. The highest BCUT2D eigenvalue weighted by molar-refractivity contribution is 5.86. The van der Waals surface area contributed by atoms with Crippen LogP contribution in [-0.4, -0.2) is 27.8 Å². The molecule has 1 saturated heterocycles. The number of carbonyl (C=O) groups excluding carboxylic acids is 1. The molecule has 9 nitrogen and oxygen atoms in total. The van der Waals surface area contributed by atoms with Crippen LogP contribution in [0.15, 0.2) is 18.2 Å². The second-order valence-electron chi connectivity index (χ2n) is 6.36. The zero-order chi connectivity index (χ0) is 17.4. The third kappa shape index (κ3) is 2.66. The van der Waals surface area contributed by atoms with Crippen molar-refractivity contribution in [3.05, 3.63) is 38.4 Å². The molecule has 0 radical (unpaired) electrons. The minimum Gasteiger partial charge on any atom is -0.368 e. The summed E-state index contributed by atoms with van der Waals surface area (Å²) in [6, 6.07) is 2.94. The summed E-state index contributed by atoms with van der Waals surface area (Å²) in [7, 11) is 0. The number of anilines is 1. The van der Waals surface area contributed by atoms with E-state index < -0.39 is 21.8 Å². The summed E-state index contributed by atoms with van der Waals surface area (Å²) >= 11 is 0.